The normalized spacial score (nSPS) is 20.4. The van der Waals surface area contributed by atoms with Crippen LogP contribution in [-0.4, -0.2) is 36.2 Å². The van der Waals surface area contributed by atoms with E-state index in [9.17, 15) is 26.7 Å². The topological polar surface area (TPSA) is 45.2 Å². The van der Waals surface area contributed by atoms with Crippen molar-refractivity contribution in [1.82, 2.24) is 10.3 Å². The van der Waals surface area contributed by atoms with Gasteiger partial charge in [-0.2, -0.15) is 17.6 Å². The molecular weight excluding hydrogens is 369 g/mol. The van der Waals surface area contributed by atoms with Crippen molar-refractivity contribution < 1.29 is 26.7 Å². The molecule has 2 unspecified atom stereocenters. The molecule has 144 valence electrons. The van der Waals surface area contributed by atoms with Gasteiger partial charge in [0.1, 0.15) is 11.6 Å². The summed E-state index contributed by atoms with van der Waals surface area (Å²) in [7, 11) is 0. The van der Waals surface area contributed by atoms with Gasteiger partial charge in [0.2, 0.25) is 5.95 Å². The van der Waals surface area contributed by atoms with Crippen LogP contribution in [-0.2, 0) is 4.79 Å². The van der Waals surface area contributed by atoms with Crippen molar-refractivity contribution in [3.05, 3.63) is 59.8 Å². The van der Waals surface area contributed by atoms with E-state index in [1.807, 2.05) is 5.32 Å². The van der Waals surface area contributed by atoms with Crippen LogP contribution >= 0.6 is 0 Å². The average Bonchev–Trinajstić information content (AvgIpc) is 2.62. The smallest absolute Gasteiger partial charge is 0.354 e. The summed E-state index contributed by atoms with van der Waals surface area (Å²) < 4.78 is 64.7. The van der Waals surface area contributed by atoms with Crippen molar-refractivity contribution in [2.24, 2.45) is 0 Å². The number of benzene rings is 1. The van der Waals surface area contributed by atoms with E-state index in [-0.39, 0.29) is 12.4 Å². The number of nitrogens with one attached hydrogen (secondary N) is 1. The minimum absolute atomic E-state index is 0.0142. The Labute approximate surface area is 152 Å². The molecule has 1 saturated heterocycles. The van der Waals surface area contributed by atoms with Gasteiger partial charge in [0, 0.05) is 19.0 Å². The summed E-state index contributed by atoms with van der Waals surface area (Å²) in [5, 5.41) is 2.02. The van der Waals surface area contributed by atoms with Crippen molar-refractivity contribution in [2.45, 2.75) is 24.6 Å². The lowest BCUT2D eigenvalue weighted by atomic mass is 9.85. The number of aromatic nitrogens is 1. The number of pyridine rings is 1. The fourth-order valence-electron chi connectivity index (χ4n) is 3.24. The molecule has 0 bridgehead atoms. The third kappa shape index (κ3) is 4.53. The van der Waals surface area contributed by atoms with Gasteiger partial charge in [0.05, 0.1) is 6.04 Å². The molecule has 1 aromatic carbocycles. The zero-order valence-electron chi connectivity index (χ0n) is 14.0. The summed E-state index contributed by atoms with van der Waals surface area (Å²) in [5.74, 6) is -3.38. The van der Waals surface area contributed by atoms with Gasteiger partial charge in [0.25, 0.3) is 0 Å². The molecule has 0 saturated carbocycles. The Bertz CT molecular complexity index is 809. The van der Waals surface area contributed by atoms with E-state index >= 15 is 0 Å². The molecule has 2 atom stereocenters. The molecule has 1 aliphatic heterocycles. The molecule has 2 heterocycles. The Morgan fingerprint density at radius 1 is 1.11 bits per heavy atom. The molecule has 1 amide bonds. The first kappa shape index (κ1) is 19.1. The molecule has 2 aromatic rings. The minimum Gasteiger partial charge on any atom is -0.354 e. The van der Waals surface area contributed by atoms with Gasteiger partial charge in [0.15, 0.2) is 0 Å². The molecule has 9 heteroatoms. The van der Waals surface area contributed by atoms with Crippen molar-refractivity contribution in [2.75, 3.05) is 18.0 Å². The van der Waals surface area contributed by atoms with Crippen LogP contribution < -0.4 is 10.2 Å². The summed E-state index contributed by atoms with van der Waals surface area (Å²) in [6.07, 6.45) is -4.64. The Hall–Kier alpha value is -2.71. The summed E-state index contributed by atoms with van der Waals surface area (Å²) in [6, 6.07) is 8.68. The monoisotopic (exact) mass is 385 g/mol. The molecule has 0 aliphatic carbocycles. The van der Waals surface area contributed by atoms with Gasteiger partial charge in [-0.15, -0.1) is 0 Å². The maximum Gasteiger partial charge on any atom is 0.471 e. The molecule has 4 nitrogen and oxygen atoms in total. The highest BCUT2D eigenvalue weighted by atomic mass is 19.4. The number of piperidine rings is 1. The fraction of sp³-hybridized carbons (Fsp3) is 0.333. The lowest BCUT2D eigenvalue weighted by Gasteiger charge is -2.39. The zero-order chi connectivity index (χ0) is 19.6. The van der Waals surface area contributed by atoms with Gasteiger partial charge in [-0.25, -0.2) is 9.37 Å². The van der Waals surface area contributed by atoms with Crippen LogP contribution in [0.1, 0.15) is 17.9 Å². The number of anilines is 1. The Morgan fingerprint density at radius 3 is 2.44 bits per heavy atom. The van der Waals surface area contributed by atoms with Crippen LogP contribution in [0.5, 0.6) is 0 Å². The molecule has 27 heavy (non-hydrogen) atoms. The highest BCUT2D eigenvalue weighted by Crippen LogP contribution is 2.31. The van der Waals surface area contributed by atoms with E-state index in [0.717, 1.165) is 6.07 Å². The summed E-state index contributed by atoms with van der Waals surface area (Å²) in [4.78, 5) is 16.8. The second-order valence-corrected chi connectivity index (χ2v) is 6.29. The average molecular weight is 385 g/mol. The maximum atomic E-state index is 13.4. The number of rotatable bonds is 3. The van der Waals surface area contributed by atoms with Gasteiger partial charge in [-0.05, 0) is 36.2 Å². The fourth-order valence-corrected chi connectivity index (χ4v) is 3.24. The first-order valence-electron chi connectivity index (χ1n) is 8.24. The number of carbonyl (C=O) groups is 1. The largest absolute Gasteiger partial charge is 0.471 e. The molecule has 1 aromatic heterocycles. The van der Waals surface area contributed by atoms with Gasteiger partial charge < -0.3 is 10.2 Å². The van der Waals surface area contributed by atoms with Crippen LogP contribution in [0, 0.1) is 11.8 Å². The lowest BCUT2D eigenvalue weighted by Crippen LogP contribution is -2.54. The third-order valence-corrected chi connectivity index (χ3v) is 4.51. The van der Waals surface area contributed by atoms with Gasteiger partial charge in [-0.3, -0.25) is 4.79 Å². The minimum atomic E-state index is -5.02. The van der Waals surface area contributed by atoms with E-state index in [1.165, 1.54) is 30.3 Å². The zero-order valence-corrected chi connectivity index (χ0v) is 14.0. The first-order chi connectivity index (χ1) is 12.7. The first-order valence-corrected chi connectivity index (χ1v) is 8.24. The number of nitrogens with zero attached hydrogens (tertiary/aromatic N) is 2. The molecule has 1 aliphatic rings. The van der Waals surface area contributed by atoms with Crippen LogP contribution in [0.3, 0.4) is 0 Å². The molecule has 1 N–H and O–H groups in total. The lowest BCUT2D eigenvalue weighted by molar-refractivity contribution is -0.174. The van der Waals surface area contributed by atoms with Crippen LogP contribution in [0.15, 0.2) is 42.5 Å². The predicted octanol–water partition coefficient (Wildman–Crippen LogP) is 3.40. The highest BCUT2D eigenvalue weighted by Gasteiger charge is 2.42. The Kier molecular flexibility index (Phi) is 5.29. The van der Waals surface area contributed by atoms with Crippen molar-refractivity contribution in [3.63, 3.8) is 0 Å². The summed E-state index contributed by atoms with van der Waals surface area (Å²) in [6.45, 7) is 0.414. The van der Waals surface area contributed by atoms with E-state index in [0.29, 0.717) is 18.5 Å². The number of alkyl halides is 3. The standard InChI is InChI=1S/C18H16F5N3O/c19-12-6-4-11(5-7-12)13-8-9-26(16-3-1-2-15(20)25-16)10-14(13)24-17(27)18(21,22)23/h1-7,13-14H,8-10H2,(H,24,27). The highest BCUT2D eigenvalue weighted by molar-refractivity contribution is 5.82. The number of hydrogen-bond donors (Lipinski definition) is 1. The van der Waals surface area contributed by atoms with E-state index < -0.39 is 35.8 Å². The number of amides is 1. The summed E-state index contributed by atoms with van der Waals surface area (Å²) >= 11 is 0. The number of carbonyl (C=O) groups excluding carboxylic acids is 1. The van der Waals surface area contributed by atoms with E-state index in [4.69, 9.17) is 0 Å². The van der Waals surface area contributed by atoms with E-state index in [1.54, 1.807) is 11.0 Å². The second-order valence-electron chi connectivity index (χ2n) is 6.29. The quantitative estimate of drug-likeness (QED) is 0.651. The molecule has 1 fully saturated rings. The van der Waals surface area contributed by atoms with Crippen LogP contribution in [0.4, 0.5) is 27.8 Å². The maximum absolute atomic E-state index is 13.4. The Morgan fingerprint density at radius 2 is 1.81 bits per heavy atom. The van der Waals surface area contributed by atoms with Crippen molar-refractivity contribution in [3.8, 4) is 0 Å². The molecule has 0 spiro atoms. The van der Waals surface area contributed by atoms with Crippen LogP contribution in [0.25, 0.3) is 0 Å². The van der Waals surface area contributed by atoms with Crippen molar-refractivity contribution >= 4 is 11.7 Å². The Balaban J connectivity index is 1.85. The summed E-state index contributed by atoms with van der Waals surface area (Å²) in [5.41, 5.74) is 0.621. The van der Waals surface area contributed by atoms with Crippen LogP contribution in [0.2, 0.25) is 0 Å². The molecule has 3 rings (SSSR count). The van der Waals surface area contributed by atoms with Gasteiger partial charge in [-0.1, -0.05) is 18.2 Å². The number of hydrogen-bond acceptors (Lipinski definition) is 3. The molecular formula is C18H16F5N3O. The third-order valence-electron chi connectivity index (χ3n) is 4.51. The number of halogens is 5. The predicted molar refractivity (Wildman–Crippen MR) is 88.2 cm³/mol. The second kappa shape index (κ2) is 7.50. The van der Waals surface area contributed by atoms with Crippen molar-refractivity contribution in [1.29, 1.82) is 0 Å². The van der Waals surface area contributed by atoms with Gasteiger partial charge >= 0.3 is 12.1 Å². The molecule has 0 radical (unpaired) electrons. The SMILES string of the molecule is O=C(NC1CN(c2cccc(F)n2)CCC1c1ccc(F)cc1)C(F)(F)F. The van der Waals surface area contributed by atoms with E-state index in [2.05, 4.69) is 4.98 Å².